The number of carbonyl (C=O) groups is 1. The van der Waals surface area contributed by atoms with E-state index in [-0.39, 0.29) is 5.91 Å². The Morgan fingerprint density at radius 1 is 1.22 bits per heavy atom. The zero-order valence-corrected chi connectivity index (χ0v) is 13.7. The number of anilines is 1. The van der Waals surface area contributed by atoms with Gasteiger partial charge in [-0.2, -0.15) is 0 Å². The number of pyridine rings is 1. The second-order valence-electron chi connectivity index (χ2n) is 5.90. The molecule has 23 heavy (non-hydrogen) atoms. The highest BCUT2D eigenvalue weighted by Gasteiger charge is 2.25. The van der Waals surface area contributed by atoms with Crippen molar-refractivity contribution in [3.05, 3.63) is 58.1 Å². The Morgan fingerprint density at radius 3 is 2.83 bits per heavy atom. The maximum absolute atomic E-state index is 12.9. The number of hydrogen-bond acceptors (Lipinski definition) is 4. The fraction of sp³-hybridized carbons (Fsp3) is 0.222. The summed E-state index contributed by atoms with van der Waals surface area (Å²) < 4.78 is 0. The summed E-state index contributed by atoms with van der Waals surface area (Å²) in [5.41, 5.74) is 10.3. The predicted molar refractivity (Wildman–Crippen MR) is 93.7 cm³/mol. The van der Waals surface area contributed by atoms with Gasteiger partial charge in [0.05, 0.1) is 5.69 Å². The predicted octanol–water partition coefficient (Wildman–Crippen LogP) is 3.39. The van der Waals surface area contributed by atoms with Crippen molar-refractivity contribution in [2.45, 2.75) is 19.9 Å². The first kappa shape index (κ1) is 14.2. The molecule has 0 atom stereocenters. The third-order valence-corrected chi connectivity index (χ3v) is 5.45. The zero-order chi connectivity index (χ0) is 16.0. The van der Waals surface area contributed by atoms with Crippen LogP contribution in [0.3, 0.4) is 0 Å². The summed E-state index contributed by atoms with van der Waals surface area (Å²) >= 11 is 1.39. The van der Waals surface area contributed by atoms with Gasteiger partial charge >= 0.3 is 0 Å². The standard InChI is InChI=1S/C18H17N3OS/c1-11-6-7-14-15(19)16(23-17(14)20-11)18(22)21-9-8-12-4-2-3-5-13(12)10-21/h2-7H,8-10,19H2,1H3. The largest absolute Gasteiger partial charge is 0.397 e. The van der Waals surface area contributed by atoms with E-state index in [2.05, 4.69) is 17.1 Å². The van der Waals surface area contributed by atoms with E-state index < -0.39 is 0 Å². The molecule has 3 heterocycles. The molecule has 5 heteroatoms. The van der Waals surface area contributed by atoms with Gasteiger partial charge in [0.1, 0.15) is 9.71 Å². The molecule has 3 aromatic rings. The maximum atomic E-state index is 12.9. The minimum atomic E-state index is 0.0117. The topological polar surface area (TPSA) is 59.2 Å². The van der Waals surface area contributed by atoms with Crippen molar-refractivity contribution in [3.63, 3.8) is 0 Å². The molecule has 1 aromatic carbocycles. The number of fused-ring (bicyclic) bond motifs is 2. The number of hydrogen-bond donors (Lipinski definition) is 1. The maximum Gasteiger partial charge on any atom is 0.266 e. The third kappa shape index (κ3) is 2.37. The molecule has 2 aromatic heterocycles. The van der Waals surface area contributed by atoms with Crippen LogP contribution >= 0.6 is 11.3 Å². The monoisotopic (exact) mass is 323 g/mol. The second-order valence-corrected chi connectivity index (χ2v) is 6.89. The lowest BCUT2D eigenvalue weighted by atomic mass is 10.00. The van der Waals surface area contributed by atoms with E-state index >= 15 is 0 Å². The van der Waals surface area contributed by atoms with Crippen molar-refractivity contribution in [3.8, 4) is 0 Å². The molecule has 1 aliphatic rings. The Balaban J connectivity index is 1.69. The second kappa shape index (κ2) is 5.35. The van der Waals surface area contributed by atoms with Crippen LogP contribution in [-0.2, 0) is 13.0 Å². The van der Waals surface area contributed by atoms with Gasteiger partial charge in [-0.3, -0.25) is 4.79 Å². The van der Waals surface area contributed by atoms with E-state index in [0.717, 1.165) is 28.9 Å². The summed E-state index contributed by atoms with van der Waals surface area (Å²) in [6.45, 7) is 3.32. The van der Waals surface area contributed by atoms with E-state index in [1.165, 1.54) is 22.5 Å². The van der Waals surface area contributed by atoms with Gasteiger partial charge in [-0.15, -0.1) is 11.3 Å². The molecule has 1 amide bonds. The van der Waals surface area contributed by atoms with Gasteiger partial charge in [0, 0.05) is 24.2 Å². The van der Waals surface area contributed by atoms with Crippen LogP contribution in [0.25, 0.3) is 10.2 Å². The van der Waals surface area contributed by atoms with Gasteiger partial charge in [-0.05, 0) is 36.6 Å². The first-order chi connectivity index (χ1) is 11.1. The van der Waals surface area contributed by atoms with Crippen LogP contribution in [-0.4, -0.2) is 22.3 Å². The molecule has 4 nitrogen and oxygen atoms in total. The first-order valence-electron chi connectivity index (χ1n) is 7.65. The fourth-order valence-electron chi connectivity index (χ4n) is 3.06. The average molecular weight is 323 g/mol. The Labute approximate surface area is 138 Å². The zero-order valence-electron chi connectivity index (χ0n) is 12.9. The molecule has 0 bridgehead atoms. The molecule has 1 aliphatic heterocycles. The van der Waals surface area contributed by atoms with Crippen molar-refractivity contribution >= 4 is 33.1 Å². The van der Waals surface area contributed by atoms with Crippen molar-refractivity contribution in [2.24, 2.45) is 0 Å². The fourth-order valence-corrected chi connectivity index (χ4v) is 4.17. The normalized spacial score (nSPS) is 14.0. The van der Waals surface area contributed by atoms with E-state index in [1.807, 2.05) is 36.1 Å². The van der Waals surface area contributed by atoms with Gasteiger partial charge in [0.2, 0.25) is 0 Å². The molecule has 0 saturated carbocycles. The number of thiophene rings is 1. The van der Waals surface area contributed by atoms with Crippen molar-refractivity contribution in [2.75, 3.05) is 12.3 Å². The minimum Gasteiger partial charge on any atom is -0.397 e. The van der Waals surface area contributed by atoms with Crippen molar-refractivity contribution in [1.82, 2.24) is 9.88 Å². The Hall–Kier alpha value is -2.40. The molecule has 0 radical (unpaired) electrons. The van der Waals surface area contributed by atoms with E-state index in [1.54, 1.807) is 0 Å². The Morgan fingerprint density at radius 2 is 2.00 bits per heavy atom. The highest BCUT2D eigenvalue weighted by molar-refractivity contribution is 7.21. The molecule has 0 spiro atoms. The number of aromatic nitrogens is 1. The number of nitrogen functional groups attached to an aromatic ring is 1. The molecule has 116 valence electrons. The highest BCUT2D eigenvalue weighted by atomic mass is 32.1. The molecule has 0 unspecified atom stereocenters. The SMILES string of the molecule is Cc1ccc2c(N)c(C(=O)N3CCc4ccccc4C3)sc2n1. The number of benzene rings is 1. The number of nitrogens with two attached hydrogens (primary N) is 1. The van der Waals surface area contributed by atoms with Crippen molar-refractivity contribution in [1.29, 1.82) is 0 Å². The minimum absolute atomic E-state index is 0.0117. The molecule has 0 saturated heterocycles. The first-order valence-corrected chi connectivity index (χ1v) is 8.47. The number of carbonyl (C=O) groups excluding carboxylic acids is 1. The van der Waals surface area contributed by atoms with Crippen LogP contribution in [0.2, 0.25) is 0 Å². The highest BCUT2D eigenvalue weighted by Crippen LogP contribution is 2.34. The summed E-state index contributed by atoms with van der Waals surface area (Å²) in [5, 5.41) is 0.876. The summed E-state index contributed by atoms with van der Waals surface area (Å²) in [7, 11) is 0. The van der Waals surface area contributed by atoms with E-state index in [9.17, 15) is 4.79 Å². The van der Waals surface area contributed by atoms with Crippen LogP contribution in [0.15, 0.2) is 36.4 Å². The quantitative estimate of drug-likeness (QED) is 0.747. The molecular formula is C18H17N3OS. The average Bonchev–Trinajstić information content (AvgIpc) is 2.89. The Kier molecular flexibility index (Phi) is 3.31. The van der Waals surface area contributed by atoms with Crippen LogP contribution in [0.5, 0.6) is 0 Å². The van der Waals surface area contributed by atoms with Crippen LogP contribution in [0, 0.1) is 6.92 Å². The van der Waals surface area contributed by atoms with Crippen LogP contribution in [0.4, 0.5) is 5.69 Å². The van der Waals surface area contributed by atoms with Crippen LogP contribution in [0.1, 0.15) is 26.5 Å². The smallest absolute Gasteiger partial charge is 0.266 e. The lowest BCUT2D eigenvalue weighted by Crippen LogP contribution is -2.35. The summed E-state index contributed by atoms with van der Waals surface area (Å²) in [4.78, 5) is 20.7. The summed E-state index contributed by atoms with van der Waals surface area (Å²) in [5.74, 6) is 0.0117. The van der Waals surface area contributed by atoms with Gasteiger partial charge in [0.25, 0.3) is 5.91 Å². The lowest BCUT2D eigenvalue weighted by molar-refractivity contribution is 0.0740. The van der Waals surface area contributed by atoms with Gasteiger partial charge < -0.3 is 10.6 Å². The van der Waals surface area contributed by atoms with Crippen LogP contribution < -0.4 is 5.73 Å². The van der Waals surface area contributed by atoms with Gasteiger partial charge in [0.15, 0.2) is 0 Å². The van der Waals surface area contributed by atoms with Crippen molar-refractivity contribution < 1.29 is 4.79 Å². The number of amides is 1. The molecule has 0 aliphatic carbocycles. The number of rotatable bonds is 1. The lowest BCUT2D eigenvalue weighted by Gasteiger charge is -2.28. The number of nitrogens with zero attached hydrogens (tertiary/aromatic N) is 2. The summed E-state index contributed by atoms with van der Waals surface area (Å²) in [6, 6.07) is 12.2. The molecular weight excluding hydrogens is 306 g/mol. The molecule has 2 N–H and O–H groups in total. The Bertz CT molecular complexity index is 916. The molecule has 0 fully saturated rings. The van der Waals surface area contributed by atoms with E-state index in [0.29, 0.717) is 17.1 Å². The third-order valence-electron chi connectivity index (χ3n) is 4.35. The number of aryl methyl sites for hydroxylation is 1. The summed E-state index contributed by atoms with van der Waals surface area (Å²) in [6.07, 6.45) is 0.893. The van der Waals surface area contributed by atoms with Gasteiger partial charge in [-0.25, -0.2) is 4.98 Å². The van der Waals surface area contributed by atoms with E-state index in [4.69, 9.17) is 5.73 Å². The molecule has 4 rings (SSSR count). The van der Waals surface area contributed by atoms with Gasteiger partial charge in [-0.1, -0.05) is 24.3 Å².